The van der Waals surface area contributed by atoms with Gasteiger partial charge in [0.1, 0.15) is 5.60 Å². The summed E-state index contributed by atoms with van der Waals surface area (Å²) in [6.07, 6.45) is 0.685. The minimum Gasteiger partial charge on any atom is -0.444 e. The molecule has 18 heavy (non-hydrogen) atoms. The second-order valence-corrected chi connectivity index (χ2v) is 5.89. The number of hydrogen-bond acceptors (Lipinski definition) is 4. The van der Waals surface area contributed by atoms with Gasteiger partial charge >= 0.3 is 6.09 Å². The predicted octanol–water partition coefficient (Wildman–Crippen LogP) is 1.31. The summed E-state index contributed by atoms with van der Waals surface area (Å²) >= 11 is 0. The SMILES string of the molecule is CC(CO)N1CCCN(C(=O)OC(C)(C)C)CC1. The molecule has 1 heterocycles. The number of carbonyl (C=O) groups excluding carboxylic acids is 1. The number of rotatable bonds is 2. The van der Waals surface area contributed by atoms with E-state index >= 15 is 0 Å². The van der Waals surface area contributed by atoms with Crippen LogP contribution in [0.15, 0.2) is 0 Å². The molecule has 0 aromatic heterocycles. The number of hydrogen-bond donors (Lipinski definition) is 1. The smallest absolute Gasteiger partial charge is 0.410 e. The maximum atomic E-state index is 11.9. The molecule has 0 bridgehead atoms. The van der Waals surface area contributed by atoms with Crippen LogP contribution in [0.4, 0.5) is 4.79 Å². The Morgan fingerprint density at radius 1 is 1.28 bits per heavy atom. The van der Waals surface area contributed by atoms with Crippen LogP contribution in [0, 0.1) is 0 Å². The van der Waals surface area contributed by atoms with Gasteiger partial charge in [-0.1, -0.05) is 0 Å². The van der Waals surface area contributed by atoms with Crippen molar-refractivity contribution in [1.82, 2.24) is 9.80 Å². The Morgan fingerprint density at radius 2 is 1.94 bits per heavy atom. The fraction of sp³-hybridized carbons (Fsp3) is 0.923. The molecule has 1 fully saturated rings. The molecule has 0 aromatic rings. The Balaban J connectivity index is 2.49. The molecule has 106 valence electrons. The number of nitrogens with zero attached hydrogens (tertiary/aromatic N) is 2. The number of ether oxygens (including phenoxy) is 1. The fourth-order valence-corrected chi connectivity index (χ4v) is 2.00. The van der Waals surface area contributed by atoms with Gasteiger partial charge in [-0.05, 0) is 34.1 Å². The van der Waals surface area contributed by atoms with Crippen LogP contribution in [-0.4, -0.2) is 65.4 Å². The average Bonchev–Trinajstić information content (AvgIpc) is 2.51. The van der Waals surface area contributed by atoms with Gasteiger partial charge in [0.05, 0.1) is 6.61 Å². The molecule has 1 amide bonds. The molecule has 0 aliphatic carbocycles. The van der Waals surface area contributed by atoms with E-state index in [0.717, 1.165) is 26.1 Å². The number of aliphatic hydroxyl groups excluding tert-OH is 1. The first-order valence-corrected chi connectivity index (χ1v) is 6.66. The Bertz CT molecular complexity index is 276. The maximum Gasteiger partial charge on any atom is 0.410 e. The molecule has 1 unspecified atom stereocenters. The third kappa shape index (κ3) is 4.82. The van der Waals surface area contributed by atoms with Crippen molar-refractivity contribution in [3.8, 4) is 0 Å². The van der Waals surface area contributed by atoms with Gasteiger partial charge in [0, 0.05) is 32.2 Å². The summed E-state index contributed by atoms with van der Waals surface area (Å²) in [5.41, 5.74) is -0.443. The maximum absolute atomic E-state index is 11.9. The second kappa shape index (κ2) is 6.38. The average molecular weight is 258 g/mol. The van der Waals surface area contributed by atoms with Gasteiger partial charge in [-0.25, -0.2) is 4.79 Å². The molecule has 0 aromatic carbocycles. The third-order valence-corrected chi connectivity index (χ3v) is 3.07. The van der Waals surface area contributed by atoms with E-state index in [4.69, 9.17) is 9.84 Å². The normalized spacial score (nSPS) is 20.4. The van der Waals surface area contributed by atoms with Crippen LogP contribution in [0.3, 0.4) is 0 Å². The van der Waals surface area contributed by atoms with Crippen LogP contribution in [0.5, 0.6) is 0 Å². The van der Waals surface area contributed by atoms with Crippen molar-refractivity contribution in [2.75, 3.05) is 32.8 Å². The van der Waals surface area contributed by atoms with Gasteiger partial charge in [0.2, 0.25) is 0 Å². The van der Waals surface area contributed by atoms with Crippen molar-refractivity contribution in [1.29, 1.82) is 0 Å². The van der Waals surface area contributed by atoms with E-state index in [0.29, 0.717) is 6.54 Å². The van der Waals surface area contributed by atoms with E-state index in [1.807, 2.05) is 27.7 Å². The first-order valence-electron chi connectivity index (χ1n) is 6.66. The summed E-state index contributed by atoms with van der Waals surface area (Å²) in [6, 6.07) is 0.156. The van der Waals surface area contributed by atoms with E-state index < -0.39 is 5.60 Å². The molecule has 1 atom stereocenters. The van der Waals surface area contributed by atoms with E-state index in [2.05, 4.69) is 4.90 Å². The summed E-state index contributed by atoms with van der Waals surface area (Å²) < 4.78 is 5.37. The van der Waals surface area contributed by atoms with Gasteiger partial charge in [-0.2, -0.15) is 0 Å². The number of amides is 1. The lowest BCUT2D eigenvalue weighted by molar-refractivity contribution is 0.0254. The molecule has 1 saturated heterocycles. The molecule has 5 heteroatoms. The second-order valence-electron chi connectivity index (χ2n) is 5.89. The van der Waals surface area contributed by atoms with Crippen LogP contribution in [0.1, 0.15) is 34.1 Å². The number of aliphatic hydroxyl groups is 1. The Kier molecular flexibility index (Phi) is 5.41. The highest BCUT2D eigenvalue weighted by Crippen LogP contribution is 2.13. The highest BCUT2D eigenvalue weighted by molar-refractivity contribution is 5.68. The molecular formula is C13H26N2O3. The lowest BCUT2D eigenvalue weighted by Crippen LogP contribution is -2.41. The largest absolute Gasteiger partial charge is 0.444 e. The van der Waals surface area contributed by atoms with Gasteiger partial charge in [0.25, 0.3) is 0 Å². The number of carbonyl (C=O) groups is 1. The van der Waals surface area contributed by atoms with Gasteiger partial charge in [-0.3, -0.25) is 4.90 Å². The van der Waals surface area contributed by atoms with Gasteiger partial charge in [0.15, 0.2) is 0 Å². The van der Waals surface area contributed by atoms with Gasteiger partial charge < -0.3 is 14.7 Å². The molecule has 0 saturated carbocycles. The first-order chi connectivity index (χ1) is 8.33. The van der Waals surface area contributed by atoms with E-state index in [1.54, 1.807) is 4.90 Å². The van der Waals surface area contributed by atoms with Crippen molar-refractivity contribution in [2.45, 2.75) is 45.8 Å². The van der Waals surface area contributed by atoms with Gasteiger partial charge in [-0.15, -0.1) is 0 Å². The third-order valence-electron chi connectivity index (χ3n) is 3.07. The van der Waals surface area contributed by atoms with E-state index in [1.165, 1.54) is 0 Å². The Morgan fingerprint density at radius 3 is 2.50 bits per heavy atom. The molecule has 1 aliphatic rings. The highest BCUT2D eigenvalue weighted by Gasteiger charge is 2.25. The lowest BCUT2D eigenvalue weighted by Gasteiger charge is -2.27. The lowest BCUT2D eigenvalue weighted by atomic mass is 10.2. The zero-order valence-corrected chi connectivity index (χ0v) is 12.0. The minimum atomic E-state index is -0.443. The quantitative estimate of drug-likeness (QED) is 0.811. The van der Waals surface area contributed by atoms with Crippen molar-refractivity contribution in [3.05, 3.63) is 0 Å². The van der Waals surface area contributed by atoms with Crippen LogP contribution >= 0.6 is 0 Å². The highest BCUT2D eigenvalue weighted by atomic mass is 16.6. The molecule has 5 nitrogen and oxygen atoms in total. The van der Waals surface area contributed by atoms with Crippen molar-refractivity contribution < 1.29 is 14.6 Å². The first kappa shape index (κ1) is 15.2. The topological polar surface area (TPSA) is 53.0 Å². The Hall–Kier alpha value is -0.810. The van der Waals surface area contributed by atoms with Crippen molar-refractivity contribution in [3.63, 3.8) is 0 Å². The van der Waals surface area contributed by atoms with Crippen LogP contribution < -0.4 is 0 Å². The standard InChI is InChI=1S/C13H26N2O3/c1-11(10-16)14-6-5-7-15(9-8-14)12(17)18-13(2,3)4/h11,16H,5-10H2,1-4H3. The summed E-state index contributed by atoms with van der Waals surface area (Å²) in [5, 5.41) is 9.16. The zero-order chi connectivity index (χ0) is 13.8. The summed E-state index contributed by atoms with van der Waals surface area (Å²) in [4.78, 5) is 15.9. The van der Waals surface area contributed by atoms with E-state index in [9.17, 15) is 4.79 Å². The summed E-state index contributed by atoms with van der Waals surface area (Å²) in [6.45, 7) is 10.9. The Labute approximate surface area is 110 Å². The molecule has 1 aliphatic heterocycles. The molecule has 0 radical (unpaired) electrons. The monoisotopic (exact) mass is 258 g/mol. The molecule has 0 spiro atoms. The van der Waals surface area contributed by atoms with Crippen LogP contribution in [-0.2, 0) is 4.74 Å². The van der Waals surface area contributed by atoms with Crippen molar-refractivity contribution in [2.24, 2.45) is 0 Å². The molecule has 1 N–H and O–H groups in total. The summed E-state index contributed by atoms with van der Waals surface area (Å²) in [5.74, 6) is 0. The minimum absolute atomic E-state index is 0.156. The molecular weight excluding hydrogens is 232 g/mol. The fourth-order valence-electron chi connectivity index (χ4n) is 2.00. The van der Waals surface area contributed by atoms with Crippen LogP contribution in [0.25, 0.3) is 0 Å². The van der Waals surface area contributed by atoms with E-state index in [-0.39, 0.29) is 18.7 Å². The van der Waals surface area contributed by atoms with Crippen molar-refractivity contribution >= 4 is 6.09 Å². The van der Waals surface area contributed by atoms with Crippen LogP contribution in [0.2, 0.25) is 0 Å². The summed E-state index contributed by atoms with van der Waals surface area (Å²) in [7, 11) is 0. The molecule has 1 rings (SSSR count). The zero-order valence-electron chi connectivity index (χ0n) is 12.0. The predicted molar refractivity (Wildman–Crippen MR) is 70.5 cm³/mol.